The Labute approximate surface area is 138 Å². The summed E-state index contributed by atoms with van der Waals surface area (Å²) in [5.41, 5.74) is 1.31. The number of benzene rings is 1. The highest BCUT2D eigenvalue weighted by atomic mass is 35.5. The predicted molar refractivity (Wildman–Crippen MR) is 89.9 cm³/mol. The predicted octanol–water partition coefficient (Wildman–Crippen LogP) is 3.56. The first-order valence-corrected chi connectivity index (χ1v) is 8.75. The quantitative estimate of drug-likeness (QED) is 0.847. The van der Waals surface area contributed by atoms with Gasteiger partial charge in [0.25, 0.3) is 0 Å². The van der Waals surface area contributed by atoms with Crippen LogP contribution in [0.4, 0.5) is 0 Å². The molecule has 1 aromatic carbocycles. The fourth-order valence-corrected chi connectivity index (χ4v) is 3.56. The molecule has 1 aliphatic heterocycles. The van der Waals surface area contributed by atoms with Gasteiger partial charge in [-0.05, 0) is 43.4 Å². The maximum absolute atomic E-state index is 12.3. The molecule has 0 bridgehead atoms. The van der Waals surface area contributed by atoms with E-state index in [-0.39, 0.29) is 0 Å². The van der Waals surface area contributed by atoms with Gasteiger partial charge in [-0.2, -0.15) is 0 Å². The zero-order valence-corrected chi connectivity index (χ0v) is 14.1. The Hall–Kier alpha value is -1.06. The molecular formula is C18H25ClN2O. The van der Waals surface area contributed by atoms with Gasteiger partial charge < -0.3 is 4.90 Å². The first kappa shape index (κ1) is 15.8. The summed E-state index contributed by atoms with van der Waals surface area (Å²) in [4.78, 5) is 16.8. The van der Waals surface area contributed by atoms with Gasteiger partial charge in [0.05, 0.1) is 0 Å². The molecule has 3 nitrogen and oxygen atoms in total. The zero-order chi connectivity index (χ0) is 15.5. The lowest BCUT2D eigenvalue weighted by molar-refractivity contribution is -0.139. The van der Waals surface area contributed by atoms with Crippen molar-refractivity contribution in [2.24, 2.45) is 5.92 Å². The van der Waals surface area contributed by atoms with Crippen molar-refractivity contribution in [2.75, 3.05) is 20.1 Å². The second-order valence-corrected chi connectivity index (χ2v) is 7.15. The highest BCUT2D eigenvalue weighted by Gasteiger charge is 2.32. The smallest absolute Gasteiger partial charge is 0.225 e. The molecule has 1 amide bonds. The molecule has 0 spiro atoms. The molecule has 1 heterocycles. The molecule has 3 rings (SSSR count). The van der Waals surface area contributed by atoms with Gasteiger partial charge in [-0.15, -0.1) is 0 Å². The summed E-state index contributed by atoms with van der Waals surface area (Å²) in [6.07, 6.45) is 5.59. The summed E-state index contributed by atoms with van der Waals surface area (Å²) in [6.45, 7) is 3.11. The maximum Gasteiger partial charge on any atom is 0.225 e. The molecule has 0 N–H and O–H groups in total. The van der Waals surface area contributed by atoms with Gasteiger partial charge in [0.2, 0.25) is 5.91 Å². The second-order valence-electron chi connectivity index (χ2n) is 6.71. The summed E-state index contributed by atoms with van der Waals surface area (Å²) >= 11 is 5.93. The average molecular weight is 321 g/mol. The minimum atomic E-state index is 0.317. The minimum absolute atomic E-state index is 0.317. The molecule has 120 valence electrons. The van der Waals surface area contributed by atoms with E-state index < -0.39 is 0 Å². The van der Waals surface area contributed by atoms with Crippen LogP contribution in [-0.4, -0.2) is 41.9 Å². The van der Waals surface area contributed by atoms with Crippen LogP contribution in [0.5, 0.6) is 0 Å². The van der Waals surface area contributed by atoms with Crippen molar-refractivity contribution in [3.05, 3.63) is 34.9 Å². The van der Waals surface area contributed by atoms with Crippen LogP contribution in [0.2, 0.25) is 5.02 Å². The standard InChI is InChI=1S/C18H25ClN2O/c1-20(18(22)15-3-2-4-15)17-9-11-21(12-10-17)13-14-5-7-16(19)8-6-14/h5-8,15,17H,2-4,9-13H2,1H3. The van der Waals surface area contributed by atoms with Crippen LogP contribution in [0.25, 0.3) is 0 Å². The Morgan fingerprint density at radius 3 is 2.36 bits per heavy atom. The second kappa shape index (κ2) is 7.01. The van der Waals surface area contributed by atoms with Crippen LogP contribution < -0.4 is 0 Å². The largest absolute Gasteiger partial charge is 0.342 e. The van der Waals surface area contributed by atoms with E-state index in [1.807, 2.05) is 24.1 Å². The third-order valence-corrected chi connectivity index (χ3v) is 5.48. The topological polar surface area (TPSA) is 23.6 Å². The van der Waals surface area contributed by atoms with Crippen LogP contribution in [0.3, 0.4) is 0 Å². The Kier molecular flexibility index (Phi) is 5.04. The van der Waals surface area contributed by atoms with Crippen molar-refractivity contribution in [3.8, 4) is 0 Å². The molecule has 0 radical (unpaired) electrons. The van der Waals surface area contributed by atoms with Crippen LogP contribution in [0, 0.1) is 5.92 Å². The summed E-state index contributed by atoms with van der Waals surface area (Å²) in [5, 5.41) is 0.790. The molecular weight excluding hydrogens is 296 g/mol. The van der Waals surface area contributed by atoms with Crippen LogP contribution in [-0.2, 0) is 11.3 Å². The SMILES string of the molecule is CN(C(=O)C1CCC1)C1CCN(Cc2ccc(Cl)cc2)CC1. The molecule has 2 aliphatic rings. The fourth-order valence-electron chi connectivity index (χ4n) is 3.44. The number of hydrogen-bond donors (Lipinski definition) is 0. The van der Waals surface area contributed by atoms with E-state index in [9.17, 15) is 4.79 Å². The van der Waals surface area contributed by atoms with E-state index in [0.29, 0.717) is 17.9 Å². The lowest BCUT2D eigenvalue weighted by Crippen LogP contribution is -2.48. The number of likely N-dealkylation sites (tertiary alicyclic amines) is 1. The Morgan fingerprint density at radius 1 is 1.18 bits per heavy atom. The van der Waals surface area contributed by atoms with Crippen molar-refractivity contribution in [2.45, 2.75) is 44.7 Å². The molecule has 0 unspecified atom stereocenters. The van der Waals surface area contributed by atoms with Crippen LogP contribution in [0.15, 0.2) is 24.3 Å². The van der Waals surface area contributed by atoms with Gasteiger partial charge in [-0.3, -0.25) is 9.69 Å². The van der Waals surface area contributed by atoms with Gasteiger partial charge in [0.1, 0.15) is 0 Å². The molecule has 1 aromatic rings. The van der Waals surface area contributed by atoms with E-state index in [1.54, 1.807) is 0 Å². The molecule has 2 fully saturated rings. The van der Waals surface area contributed by atoms with E-state index >= 15 is 0 Å². The van der Waals surface area contributed by atoms with E-state index in [2.05, 4.69) is 17.0 Å². The van der Waals surface area contributed by atoms with E-state index in [0.717, 1.165) is 50.3 Å². The highest BCUT2D eigenvalue weighted by molar-refractivity contribution is 6.30. The van der Waals surface area contributed by atoms with Gasteiger partial charge in [0.15, 0.2) is 0 Å². The van der Waals surface area contributed by atoms with E-state index in [4.69, 9.17) is 11.6 Å². The number of nitrogens with zero attached hydrogens (tertiary/aromatic N) is 2. The number of carbonyl (C=O) groups is 1. The number of hydrogen-bond acceptors (Lipinski definition) is 2. The minimum Gasteiger partial charge on any atom is -0.342 e. The molecule has 1 saturated carbocycles. The van der Waals surface area contributed by atoms with Crippen LogP contribution in [0.1, 0.15) is 37.7 Å². The number of amides is 1. The van der Waals surface area contributed by atoms with Gasteiger partial charge in [-0.1, -0.05) is 30.2 Å². The molecule has 1 saturated heterocycles. The lowest BCUT2D eigenvalue weighted by atomic mass is 9.84. The van der Waals surface area contributed by atoms with Crippen molar-refractivity contribution in [1.82, 2.24) is 9.80 Å². The first-order valence-electron chi connectivity index (χ1n) is 8.37. The van der Waals surface area contributed by atoms with Crippen molar-refractivity contribution < 1.29 is 4.79 Å². The monoisotopic (exact) mass is 320 g/mol. The third-order valence-electron chi connectivity index (χ3n) is 5.23. The summed E-state index contributed by atoms with van der Waals surface area (Å²) in [6, 6.07) is 8.53. The maximum atomic E-state index is 12.3. The third kappa shape index (κ3) is 3.64. The molecule has 4 heteroatoms. The van der Waals surface area contributed by atoms with Gasteiger partial charge in [-0.25, -0.2) is 0 Å². The molecule has 22 heavy (non-hydrogen) atoms. The number of halogens is 1. The average Bonchev–Trinajstić information content (AvgIpc) is 2.48. The van der Waals surface area contributed by atoms with E-state index in [1.165, 1.54) is 12.0 Å². The number of piperidine rings is 1. The number of rotatable bonds is 4. The van der Waals surface area contributed by atoms with Crippen LogP contribution >= 0.6 is 11.6 Å². The molecule has 0 aromatic heterocycles. The molecule has 0 atom stereocenters. The summed E-state index contributed by atoms with van der Waals surface area (Å²) in [7, 11) is 2.00. The molecule has 1 aliphatic carbocycles. The zero-order valence-electron chi connectivity index (χ0n) is 13.3. The van der Waals surface area contributed by atoms with Gasteiger partial charge in [0, 0.05) is 43.7 Å². The fraction of sp³-hybridized carbons (Fsp3) is 0.611. The van der Waals surface area contributed by atoms with Crippen molar-refractivity contribution in [3.63, 3.8) is 0 Å². The Bertz CT molecular complexity index is 504. The first-order chi connectivity index (χ1) is 10.6. The number of carbonyl (C=O) groups excluding carboxylic acids is 1. The Balaban J connectivity index is 1.47. The normalized spacial score (nSPS) is 20.6. The van der Waals surface area contributed by atoms with Gasteiger partial charge >= 0.3 is 0 Å². The summed E-state index contributed by atoms with van der Waals surface area (Å²) < 4.78 is 0. The van der Waals surface area contributed by atoms with Crippen molar-refractivity contribution in [1.29, 1.82) is 0 Å². The lowest BCUT2D eigenvalue weighted by Gasteiger charge is -2.39. The highest BCUT2D eigenvalue weighted by Crippen LogP contribution is 2.29. The Morgan fingerprint density at radius 2 is 1.82 bits per heavy atom. The summed E-state index contributed by atoms with van der Waals surface area (Å²) in [5.74, 6) is 0.694. The van der Waals surface area contributed by atoms with Crippen molar-refractivity contribution >= 4 is 17.5 Å².